The first kappa shape index (κ1) is 32.5. The van der Waals surface area contributed by atoms with E-state index in [2.05, 4.69) is 10.2 Å². The maximum Gasteiger partial charge on any atom is 0.410 e. The summed E-state index contributed by atoms with van der Waals surface area (Å²) in [4.78, 5) is 67.5. The van der Waals surface area contributed by atoms with Crippen molar-refractivity contribution in [3.8, 4) is 11.5 Å². The Morgan fingerprint density at radius 1 is 0.787 bits per heavy atom. The molecule has 1 N–H and O–H groups in total. The van der Waals surface area contributed by atoms with E-state index in [0.717, 1.165) is 68.4 Å². The third-order valence-electron chi connectivity index (χ3n) is 9.71. The van der Waals surface area contributed by atoms with Crippen LogP contribution in [0.25, 0.3) is 0 Å². The fourth-order valence-electron chi connectivity index (χ4n) is 7.06. The summed E-state index contributed by atoms with van der Waals surface area (Å²) < 4.78 is 11.6. The highest BCUT2D eigenvalue weighted by molar-refractivity contribution is 6.23. The predicted molar refractivity (Wildman–Crippen MR) is 174 cm³/mol. The van der Waals surface area contributed by atoms with Crippen LogP contribution in [-0.2, 0) is 14.3 Å². The van der Waals surface area contributed by atoms with Gasteiger partial charge in [0.1, 0.15) is 23.1 Å². The molecule has 0 bridgehead atoms. The summed E-state index contributed by atoms with van der Waals surface area (Å²) in [5.41, 5.74) is 1.08. The maximum absolute atomic E-state index is 13.1. The second-order valence-corrected chi connectivity index (χ2v) is 14.2. The molecule has 4 aliphatic heterocycles. The normalized spacial score (nSPS) is 21.2. The molecule has 47 heavy (non-hydrogen) atoms. The molecule has 6 rings (SSSR count). The van der Waals surface area contributed by atoms with Crippen LogP contribution in [0.1, 0.15) is 92.9 Å². The van der Waals surface area contributed by atoms with Crippen LogP contribution in [0, 0.1) is 11.8 Å². The zero-order valence-corrected chi connectivity index (χ0v) is 27.5. The number of nitrogens with zero attached hydrogens (tertiary/aromatic N) is 3. The molecule has 3 fully saturated rings. The van der Waals surface area contributed by atoms with Gasteiger partial charge in [0.05, 0.1) is 11.1 Å². The minimum Gasteiger partial charge on any atom is -0.457 e. The van der Waals surface area contributed by atoms with E-state index in [1.54, 1.807) is 12.1 Å². The van der Waals surface area contributed by atoms with Crippen molar-refractivity contribution < 1.29 is 33.4 Å². The number of benzene rings is 2. The Kier molecular flexibility index (Phi) is 9.25. The summed E-state index contributed by atoms with van der Waals surface area (Å²) in [7, 11) is 0. The van der Waals surface area contributed by atoms with Crippen LogP contribution in [0.5, 0.6) is 11.5 Å². The first-order valence-electron chi connectivity index (χ1n) is 16.8. The largest absolute Gasteiger partial charge is 0.457 e. The van der Waals surface area contributed by atoms with E-state index < -0.39 is 35.3 Å². The summed E-state index contributed by atoms with van der Waals surface area (Å²) >= 11 is 0. The highest BCUT2D eigenvalue weighted by Crippen LogP contribution is 2.34. The number of fused-ring (bicyclic) bond motifs is 1. The summed E-state index contributed by atoms with van der Waals surface area (Å²) in [6.07, 6.45) is 6.86. The van der Waals surface area contributed by atoms with Crippen molar-refractivity contribution in [1.29, 1.82) is 0 Å². The third kappa shape index (κ3) is 7.44. The van der Waals surface area contributed by atoms with Crippen LogP contribution < -0.4 is 15.0 Å². The molecule has 2 aromatic rings. The van der Waals surface area contributed by atoms with Gasteiger partial charge in [0.2, 0.25) is 11.8 Å². The highest BCUT2D eigenvalue weighted by Gasteiger charge is 2.44. The van der Waals surface area contributed by atoms with Gasteiger partial charge in [-0.25, -0.2) is 4.79 Å². The Balaban J connectivity index is 0.956. The molecule has 3 saturated heterocycles. The number of rotatable bonds is 7. The minimum absolute atomic E-state index is 0.0750. The smallest absolute Gasteiger partial charge is 0.410 e. The summed E-state index contributed by atoms with van der Waals surface area (Å²) in [6, 6.07) is 11.6. The third-order valence-corrected chi connectivity index (χ3v) is 9.71. The number of nitrogens with one attached hydrogen (secondary N) is 1. The van der Waals surface area contributed by atoms with Gasteiger partial charge in [-0.2, -0.15) is 0 Å². The number of likely N-dealkylation sites (tertiary alicyclic amines) is 1. The number of carbonyl (C=O) groups excluding carboxylic acids is 5. The molecule has 1 unspecified atom stereocenters. The Morgan fingerprint density at radius 3 is 2.00 bits per heavy atom. The van der Waals surface area contributed by atoms with Crippen molar-refractivity contribution >= 4 is 35.4 Å². The number of piperidine rings is 3. The molecule has 0 radical (unpaired) electrons. The first-order valence-corrected chi connectivity index (χ1v) is 16.8. The number of hydrogen-bond acceptors (Lipinski definition) is 8. The van der Waals surface area contributed by atoms with E-state index >= 15 is 0 Å². The molecule has 11 heteroatoms. The fourth-order valence-corrected chi connectivity index (χ4v) is 7.06. The zero-order chi connectivity index (χ0) is 33.3. The van der Waals surface area contributed by atoms with Crippen LogP contribution in [0.4, 0.5) is 10.5 Å². The highest BCUT2D eigenvalue weighted by atomic mass is 16.6. The molecule has 1 atom stereocenters. The molecular weight excluding hydrogens is 600 g/mol. The van der Waals surface area contributed by atoms with Gasteiger partial charge >= 0.3 is 6.09 Å². The van der Waals surface area contributed by atoms with Crippen LogP contribution in [0.2, 0.25) is 0 Å². The van der Waals surface area contributed by atoms with Crippen molar-refractivity contribution in [2.24, 2.45) is 11.8 Å². The van der Waals surface area contributed by atoms with Gasteiger partial charge in [-0.3, -0.25) is 29.4 Å². The molecule has 2 aromatic carbocycles. The van der Waals surface area contributed by atoms with E-state index in [1.165, 1.54) is 18.9 Å². The van der Waals surface area contributed by atoms with Crippen molar-refractivity contribution in [2.75, 3.05) is 31.1 Å². The summed E-state index contributed by atoms with van der Waals surface area (Å²) in [5, 5.41) is 2.21. The van der Waals surface area contributed by atoms with Crippen LogP contribution in [-0.4, -0.2) is 77.3 Å². The lowest BCUT2D eigenvalue weighted by Gasteiger charge is -2.36. The molecule has 4 heterocycles. The van der Waals surface area contributed by atoms with Gasteiger partial charge in [0.15, 0.2) is 0 Å². The lowest BCUT2D eigenvalue weighted by Crippen LogP contribution is -2.54. The lowest BCUT2D eigenvalue weighted by molar-refractivity contribution is -0.136. The molecule has 4 aliphatic rings. The number of ether oxygens (including phenoxy) is 2. The number of anilines is 1. The average molecular weight is 645 g/mol. The Hall–Kier alpha value is -4.41. The van der Waals surface area contributed by atoms with Gasteiger partial charge < -0.3 is 19.3 Å². The van der Waals surface area contributed by atoms with Crippen molar-refractivity contribution in [1.82, 2.24) is 15.1 Å². The van der Waals surface area contributed by atoms with Crippen LogP contribution >= 0.6 is 0 Å². The lowest BCUT2D eigenvalue weighted by atomic mass is 9.85. The number of imide groups is 2. The molecule has 0 aromatic heterocycles. The Labute approximate surface area is 275 Å². The van der Waals surface area contributed by atoms with Gasteiger partial charge in [-0.15, -0.1) is 0 Å². The van der Waals surface area contributed by atoms with Gasteiger partial charge in [0.25, 0.3) is 11.8 Å². The van der Waals surface area contributed by atoms with Crippen molar-refractivity contribution in [2.45, 2.75) is 83.8 Å². The first-order chi connectivity index (χ1) is 22.4. The van der Waals surface area contributed by atoms with Crippen LogP contribution in [0.15, 0.2) is 42.5 Å². The Morgan fingerprint density at radius 2 is 1.38 bits per heavy atom. The van der Waals surface area contributed by atoms with Gasteiger partial charge in [0, 0.05) is 38.3 Å². The molecule has 5 amide bonds. The van der Waals surface area contributed by atoms with E-state index in [4.69, 9.17) is 9.47 Å². The molecular formula is C36H44N4O7. The number of amides is 5. The second-order valence-electron chi connectivity index (χ2n) is 14.2. The van der Waals surface area contributed by atoms with E-state index in [9.17, 15) is 24.0 Å². The van der Waals surface area contributed by atoms with Crippen LogP contribution in [0.3, 0.4) is 0 Å². The number of hydrogen-bond donors (Lipinski definition) is 1. The average Bonchev–Trinajstić information content (AvgIpc) is 3.28. The monoisotopic (exact) mass is 644 g/mol. The van der Waals surface area contributed by atoms with E-state index in [1.807, 2.05) is 49.9 Å². The van der Waals surface area contributed by atoms with Crippen molar-refractivity contribution in [3.63, 3.8) is 0 Å². The standard InChI is InChI=1S/C36H44N4O7/c1-36(2,3)47-35(45)39-20-16-24(17-21-39)5-4-23-14-18-38(19-15-23)25-6-8-26(9-7-25)46-27-10-11-28-29(22-27)34(44)40(33(28)43)30-12-13-31(41)37-32(30)42/h6-11,22-24,30H,4-5,12-21H2,1-3H3,(H,37,41,42). The minimum atomic E-state index is -1.00. The topological polar surface area (TPSA) is 126 Å². The molecule has 250 valence electrons. The zero-order valence-electron chi connectivity index (χ0n) is 27.5. The molecule has 11 nitrogen and oxygen atoms in total. The summed E-state index contributed by atoms with van der Waals surface area (Å²) in [6.45, 7) is 9.29. The predicted octanol–water partition coefficient (Wildman–Crippen LogP) is 5.52. The molecule has 0 saturated carbocycles. The maximum atomic E-state index is 13.1. The Bertz CT molecular complexity index is 1530. The van der Waals surface area contributed by atoms with Crippen molar-refractivity contribution in [3.05, 3.63) is 53.6 Å². The second kappa shape index (κ2) is 13.4. The number of carbonyl (C=O) groups is 5. The van der Waals surface area contributed by atoms with E-state index in [0.29, 0.717) is 17.4 Å². The SMILES string of the molecule is CC(C)(C)OC(=O)N1CCC(CCC2CCN(c3ccc(Oc4ccc5c(c4)C(=O)N(C4CCC(=O)NC4=O)C5=O)cc3)CC2)CC1. The van der Waals surface area contributed by atoms with Gasteiger partial charge in [-0.1, -0.05) is 12.8 Å². The fraction of sp³-hybridized carbons (Fsp3) is 0.528. The molecule has 0 spiro atoms. The molecule has 0 aliphatic carbocycles. The van der Waals surface area contributed by atoms with Gasteiger partial charge in [-0.05, 0) is 107 Å². The van der Waals surface area contributed by atoms with E-state index in [-0.39, 0.29) is 30.1 Å². The summed E-state index contributed by atoms with van der Waals surface area (Å²) in [5.74, 6) is 0.276. The quantitative estimate of drug-likeness (QED) is 0.391.